The molecule has 0 aliphatic carbocycles. The van der Waals surface area contributed by atoms with Gasteiger partial charge >= 0.3 is 5.63 Å². The summed E-state index contributed by atoms with van der Waals surface area (Å²) in [4.78, 5) is 40.0. The molecule has 8 nitrogen and oxygen atoms in total. The molecule has 0 spiro atoms. The van der Waals surface area contributed by atoms with Crippen molar-refractivity contribution >= 4 is 17.4 Å². The van der Waals surface area contributed by atoms with Gasteiger partial charge in [0.05, 0.1) is 12.3 Å². The molecule has 1 fully saturated rings. The molecular formula is C20H22N2O6. The summed E-state index contributed by atoms with van der Waals surface area (Å²) in [6.07, 6.45) is 3.66. The Bertz CT molecular complexity index is 944. The fourth-order valence-corrected chi connectivity index (χ4v) is 3.16. The van der Waals surface area contributed by atoms with Crippen LogP contribution in [0.4, 0.5) is 0 Å². The van der Waals surface area contributed by atoms with E-state index in [9.17, 15) is 19.5 Å². The lowest BCUT2D eigenvalue weighted by Crippen LogP contribution is -2.39. The first kappa shape index (κ1) is 19.5. The Labute approximate surface area is 161 Å². The maximum Gasteiger partial charge on any atom is 0.340 e. The lowest BCUT2D eigenvalue weighted by Gasteiger charge is -2.25. The van der Waals surface area contributed by atoms with Crippen LogP contribution in [0.1, 0.15) is 36.6 Å². The number of carbonyl (C=O) groups excluding carboxylic acids is 2. The van der Waals surface area contributed by atoms with Crippen LogP contribution in [-0.4, -0.2) is 52.4 Å². The first-order chi connectivity index (χ1) is 13.3. The molecule has 0 saturated carbocycles. The summed E-state index contributed by atoms with van der Waals surface area (Å²) in [5.41, 5.74) is -0.0669. The predicted octanol–water partition coefficient (Wildman–Crippen LogP) is 2.10. The zero-order valence-electron chi connectivity index (χ0n) is 15.8. The molecule has 3 rings (SSSR count). The van der Waals surface area contributed by atoms with Crippen LogP contribution in [0.3, 0.4) is 0 Å². The number of rotatable bonds is 3. The van der Waals surface area contributed by atoms with Crippen LogP contribution in [0.5, 0.6) is 5.75 Å². The Hall–Kier alpha value is -3.29. The fraction of sp³-hybridized carbons (Fsp3) is 0.350. The number of amides is 2. The van der Waals surface area contributed by atoms with Gasteiger partial charge in [0.1, 0.15) is 11.5 Å². The minimum absolute atomic E-state index is 0.0675. The highest BCUT2D eigenvalue weighted by Crippen LogP contribution is 2.18. The van der Waals surface area contributed by atoms with Crippen molar-refractivity contribution in [2.75, 3.05) is 19.6 Å². The van der Waals surface area contributed by atoms with E-state index >= 15 is 0 Å². The summed E-state index contributed by atoms with van der Waals surface area (Å²) in [6.45, 7) is 4.78. The number of carbonyl (C=O) groups is 2. The van der Waals surface area contributed by atoms with E-state index in [0.29, 0.717) is 31.8 Å². The monoisotopic (exact) mass is 386 g/mol. The Balaban J connectivity index is 1.72. The molecule has 28 heavy (non-hydrogen) atoms. The molecule has 0 aromatic carbocycles. The van der Waals surface area contributed by atoms with Gasteiger partial charge in [-0.2, -0.15) is 0 Å². The maximum absolute atomic E-state index is 12.7. The van der Waals surface area contributed by atoms with Crippen LogP contribution < -0.4 is 5.63 Å². The number of allylic oxidation sites excluding steroid dienone is 1. The molecular weight excluding hydrogens is 364 g/mol. The highest BCUT2D eigenvalue weighted by molar-refractivity contribution is 5.95. The van der Waals surface area contributed by atoms with Gasteiger partial charge in [-0.3, -0.25) is 9.59 Å². The number of hydrogen-bond donors (Lipinski definition) is 1. The maximum atomic E-state index is 12.7. The lowest BCUT2D eigenvalue weighted by atomic mass is 10.1. The van der Waals surface area contributed by atoms with Gasteiger partial charge in [-0.25, -0.2) is 4.79 Å². The highest BCUT2D eigenvalue weighted by Gasteiger charge is 2.28. The van der Waals surface area contributed by atoms with Gasteiger partial charge in [0.25, 0.3) is 5.91 Å². The molecule has 2 amide bonds. The van der Waals surface area contributed by atoms with E-state index in [1.165, 1.54) is 11.0 Å². The smallest absolute Gasteiger partial charge is 0.340 e. The minimum atomic E-state index is -0.790. The number of nitrogens with zero attached hydrogens (tertiary/aromatic N) is 2. The molecule has 0 bridgehead atoms. The van der Waals surface area contributed by atoms with Gasteiger partial charge < -0.3 is 23.7 Å². The highest BCUT2D eigenvalue weighted by atomic mass is 16.4. The Morgan fingerprint density at radius 1 is 1.21 bits per heavy atom. The second kappa shape index (κ2) is 8.16. The topological polar surface area (TPSA) is 104 Å². The van der Waals surface area contributed by atoms with E-state index in [0.717, 1.165) is 17.7 Å². The first-order valence-electron chi connectivity index (χ1n) is 9.01. The summed E-state index contributed by atoms with van der Waals surface area (Å²) in [5.74, 6) is -0.549. The van der Waals surface area contributed by atoms with Gasteiger partial charge in [0.15, 0.2) is 5.76 Å². The summed E-state index contributed by atoms with van der Waals surface area (Å²) in [7, 11) is 0. The lowest BCUT2D eigenvalue weighted by molar-refractivity contribution is -0.127. The van der Waals surface area contributed by atoms with Crippen LogP contribution in [0.15, 0.2) is 50.2 Å². The standard InChI is InChI=1S/C20H22N2O6/c1-13(16-4-3-9-27-16)10-18(24)22-8-7-21(6-5-14(22)2)20(26)17-11-15(23)12-19(25)28-17/h3-4,9-12,14,23H,5-8H2,1-2H3/b13-10+. The van der Waals surface area contributed by atoms with Gasteiger partial charge in [-0.05, 0) is 38.0 Å². The van der Waals surface area contributed by atoms with Crippen LogP contribution >= 0.6 is 0 Å². The fourth-order valence-electron chi connectivity index (χ4n) is 3.16. The van der Waals surface area contributed by atoms with Crippen molar-refractivity contribution in [2.45, 2.75) is 26.3 Å². The van der Waals surface area contributed by atoms with E-state index in [1.807, 2.05) is 6.92 Å². The summed E-state index contributed by atoms with van der Waals surface area (Å²) >= 11 is 0. The van der Waals surface area contributed by atoms with Gasteiger partial charge in [0, 0.05) is 37.8 Å². The van der Waals surface area contributed by atoms with Crippen molar-refractivity contribution in [3.05, 3.63) is 58.5 Å². The van der Waals surface area contributed by atoms with Crippen molar-refractivity contribution in [3.63, 3.8) is 0 Å². The third kappa shape index (κ3) is 4.33. The van der Waals surface area contributed by atoms with E-state index in [4.69, 9.17) is 8.83 Å². The molecule has 148 valence electrons. The quantitative estimate of drug-likeness (QED) is 0.810. The normalized spacial score (nSPS) is 18.1. The second-order valence-corrected chi connectivity index (χ2v) is 6.77. The zero-order valence-corrected chi connectivity index (χ0v) is 15.8. The van der Waals surface area contributed by atoms with Crippen molar-refractivity contribution in [3.8, 4) is 5.75 Å². The van der Waals surface area contributed by atoms with E-state index < -0.39 is 11.5 Å². The molecule has 8 heteroatoms. The molecule has 1 aliphatic rings. The molecule has 2 aromatic heterocycles. The van der Waals surface area contributed by atoms with Crippen LogP contribution in [0.25, 0.3) is 5.57 Å². The Morgan fingerprint density at radius 2 is 2.00 bits per heavy atom. The Kier molecular flexibility index (Phi) is 5.67. The van der Waals surface area contributed by atoms with Gasteiger partial charge in [-0.1, -0.05) is 0 Å². The second-order valence-electron chi connectivity index (χ2n) is 6.77. The average Bonchev–Trinajstić information content (AvgIpc) is 3.10. The largest absolute Gasteiger partial charge is 0.508 e. The molecule has 1 aliphatic heterocycles. The predicted molar refractivity (Wildman–Crippen MR) is 101 cm³/mol. The number of furan rings is 1. The van der Waals surface area contributed by atoms with E-state index in [1.54, 1.807) is 30.2 Å². The molecule has 3 heterocycles. The molecule has 2 aromatic rings. The number of aromatic hydroxyl groups is 1. The van der Waals surface area contributed by atoms with Gasteiger partial charge in [0.2, 0.25) is 5.91 Å². The molecule has 1 unspecified atom stereocenters. The minimum Gasteiger partial charge on any atom is -0.508 e. The van der Waals surface area contributed by atoms with Crippen molar-refractivity contribution in [1.82, 2.24) is 9.80 Å². The summed E-state index contributed by atoms with van der Waals surface area (Å²) in [5, 5.41) is 9.52. The van der Waals surface area contributed by atoms with Crippen LogP contribution in [0.2, 0.25) is 0 Å². The summed E-state index contributed by atoms with van der Waals surface area (Å²) < 4.78 is 10.2. The zero-order chi connectivity index (χ0) is 20.3. The number of hydrogen-bond acceptors (Lipinski definition) is 6. The average molecular weight is 386 g/mol. The van der Waals surface area contributed by atoms with E-state index in [-0.39, 0.29) is 23.5 Å². The SMILES string of the molecule is C/C(=C\C(=O)N1CCN(C(=O)c2cc(O)cc(=O)o2)CCC1C)c1ccco1. The van der Waals surface area contributed by atoms with Crippen molar-refractivity contribution in [2.24, 2.45) is 0 Å². The molecule has 1 N–H and O–H groups in total. The third-order valence-corrected chi connectivity index (χ3v) is 4.75. The van der Waals surface area contributed by atoms with Crippen LogP contribution in [0, 0.1) is 0 Å². The molecule has 1 atom stereocenters. The molecule has 1 saturated heterocycles. The Morgan fingerprint density at radius 3 is 2.68 bits per heavy atom. The third-order valence-electron chi connectivity index (χ3n) is 4.75. The van der Waals surface area contributed by atoms with E-state index in [2.05, 4.69) is 0 Å². The van der Waals surface area contributed by atoms with Crippen molar-refractivity contribution in [1.29, 1.82) is 0 Å². The first-order valence-corrected chi connectivity index (χ1v) is 9.01. The van der Waals surface area contributed by atoms with Crippen LogP contribution in [-0.2, 0) is 4.79 Å². The molecule has 0 radical (unpaired) electrons. The van der Waals surface area contributed by atoms with Crippen molar-refractivity contribution < 1.29 is 23.5 Å². The summed E-state index contributed by atoms with van der Waals surface area (Å²) in [6, 6.07) is 5.50. The van der Waals surface area contributed by atoms with Gasteiger partial charge in [-0.15, -0.1) is 0 Å².